The summed E-state index contributed by atoms with van der Waals surface area (Å²) in [5, 5.41) is 0. The van der Waals surface area contributed by atoms with Crippen molar-refractivity contribution in [2.45, 2.75) is 32.2 Å². The quantitative estimate of drug-likeness (QED) is 0.552. The number of hydrogen-bond acceptors (Lipinski definition) is 5. The fourth-order valence-corrected chi connectivity index (χ4v) is 4.26. The van der Waals surface area contributed by atoms with Crippen LogP contribution in [0.5, 0.6) is 0 Å². The van der Waals surface area contributed by atoms with E-state index in [1.807, 2.05) is 6.07 Å². The standard InChI is InChI=1S/C20H25N3O4S/c24-19-8-5-9-20(25)23(19)14-15-28(26,27)21-11-3-4-12-22-13-10-17-6-1-2-7-18(17)16-22/h1-2,6-7,21H,5,8-16H2. The lowest BCUT2D eigenvalue weighted by Crippen LogP contribution is -2.44. The van der Waals surface area contributed by atoms with E-state index in [4.69, 9.17) is 0 Å². The largest absolute Gasteiger partial charge is 0.288 e. The molecule has 2 aliphatic rings. The molecular weight excluding hydrogens is 378 g/mol. The molecule has 28 heavy (non-hydrogen) atoms. The molecule has 0 aliphatic carbocycles. The van der Waals surface area contributed by atoms with Gasteiger partial charge < -0.3 is 0 Å². The first-order valence-corrected chi connectivity index (χ1v) is 11.2. The second-order valence-electron chi connectivity index (χ2n) is 7.02. The van der Waals surface area contributed by atoms with Crippen molar-refractivity contribution in [3.8, 4) is 11.8 Å². The molecule has 150 valence electrons. The number of rotatable bonds is 6. The minimum absolute atomic E-state index is 0.0225. The highest BCUT2D eigenvalue weighted by atomic mass is 32.2. The molecule has 1 aromatic rings. The Hall–Kier alpha value is -2.21. The Labute approximate surface area is 166 Å². The third kappa shape index (κ3) is 5.64. The molecule has 0 radical (unpaired) electrons. The minimum atomic E-state index is -3.59. The molecule has 1 aromatic carbocycles. The number of imide groups is 1. The number of amides is 2. The third-order valence-corrected chi connectivity index (χ3v) is 6.29. The number of nitrogens with zero attached hydrogens (tertiary/aromatic N) is 2. The summed E-state index contributed by atoms with van der Waals surface area (Å²) in [6.07, 6.45) is 2.13. The molecule has 8 heteroatoms. The number of piperidine rings is 1. The van der Waals surface area contributed by atoms with Crippen LogP contribution in [-0.4, -0.2) is 62.0 Å². The maximum Gasteiger partial charge on any atom is 0.229 e. The average Bonchev–Trinajstić information content (AvgIpc) is 2.67. The van der Waals surface area contributed by atoms with E-state index in [-0.39, 0.29) is 30.7 Å². The highest BCUT2D eigenvalue weighted by Gasteiger charge is 2.27. The Morgan fingerprint density at radius 2 is 1.71 bits per heavy atom. The summed E-state index contributed by atoms with van der Waals surface area (Å²) in [6.45, 7) is 2.30. The van der Waals surface area contributed by atoms with Gasteiger partial charge in [0.15, 0.2) is 0 Å². The van der Waals surface area contributed by atoms with E-state index < -0.39 is 10.0 Å². The van der Waals surface area contributed by atoms with Gasteiger partial charge in [0.2, 0.25) is 21.8 Å². The number of likely N-dealkylation sites (tertiary alicyclic amines) is 1. The van der Waals surface area contributed by atoms with Gasteiger partial charge in [-0.2, -0.15) is 0 Å². The predicted octanol–water partition coefficient (Wildman–Crippen LogP) is 0.507. The molecular formula is C20H25N3O4S. The van der Waals surface area contributed by atoms with Gasteiger partial charge in [-0.3, -0.25) is 19.4 Å². The van der Waals surface area contributed by atoms with Crippen LogP contribution in [0.2, 0.25) is 0 Å². The van der Waals surface area contributed by atoms with Crippen LogP contribution in [0.15, 0.2) is 24.3 Å². The van der Waals surface area contributed by atoms with E-state index in [1.54, 1.807) is 0 Å². The van der Waals surface area contributed by atoms with E-state index in [1.165, 1.54) is 11.1 Å². The molecule has 1 saturated heterocycles. The van der Waals surface area contributed by atoms with Gasteiger partial charge in [-0.1, -0.05) is 36.1 Å². The number of hydrogen-bond donors (Lipinski definition) is 1. The van der Waals surface area contributed by atoms with Crippen molar-refractivity contribution in [1.29, 1.82) is 0 Å². The smallest absolute Gasteiger partial charge is 0.229 e. The van der Waals surface area contributed by atoms with E-state index >= 15 is 0 Å². The highest BCUT2D eigenvalue weighted by molar-refractivity contribution is 7.89. The SMILES string of the molecule is O=C1CCCC(=O)N1CCS(=O)(=O)NCC#CCN1CCc2ccccc2C1. The van der Waals surface area contributed by atoms with Crippen molar-refractivity contribution in [2.24, 2.45) is 0 Å². The van der Waals surface area contributed by atoms with Crippen molar-refractivity contribution >= 4 is 21.8 Å². The second kappa shape index (κ2) is 9.32. The molecule has 2 amide bonds. The Morgan fingerprint density at radius 3 is 2.46 bits per heavy atom. The van der Waals surface area contributed by atoms with E-state index in [2.05, 4.69) is 39.7 Å². The number of nitrogens with one attached hydrogen (secondary N) is 1. The first-order chi connectivity index (χ1) is 13.4. The number of fused-ring (bicyclic) bond motifs is 1. The molecule has 2 aliphatic heterocycles. The summed E-state index contributed by atoms with van der Waals surface area (Å²) < 4.78 is 26.5. The number of carbonyl (C=O) groups is 2. The molecule has 0 bridgehead atoms. The zero-order chi connectivity index (χ0) is 20.0. The summed E-state index contributed by atoms with van der Waals surface area (Å²) >= 11 is 0. The van der Waals surface area contributed by atoms with E-state index in [0.29, 0.717) is 25.8 Å². The Kier molecular flexibility index (Phi) is 6.83. The molecule has 0 saturated carbocycles. The zero-order valence-electron chi connectivity index (χ0n) is 15.8. The van der Waals surface area contributed by atoms with Crippen molar-refractivity contribution in [3.63, 3.8) is 0 Å². The Bertz CT molecular complexity index is 886. The minimum Gasteiger partial charge on any atom is -0.288 e. The lowest BCUT2D eigenvalue weighted by Gasteiger charge is -2.26. The first kappa shape index (κ1) is 20.5. The molecule has 7 nitrogen and oxygen atoms in total. The first-order valence-electron chi connectivity index (χ1n) is 9.50. The predicted molar refractivity (Wildman–Crippen MR) is 106 cm³/mol. The average molecular weight is 404 g/mol. The third-order valence-electron chi connectivity index (χ3n) is 4.98. The maximum atomic E-state index is 12.1. The van der Waals surface area contributed by atoms with Crippen molar-refractivity contribution < 1.29 is 18.0 Å². The summed E-state index contributed by atoms with van der Waals surface area (Å²) in [5.74, 6) is 4.96. The summed E-state index contributed by atoms with van der Waals surface area (Å²) in [7, 11) is -3.59. The number of benzene rings is 1. The Morgan fingerprint density at radius 1 is 1.00 bits per heavy atom. The van der Waals surface area contributed by atoms with Crippen LogP contribution in [-0.2, 0) is 32.6 Å². The van der Waals surface area contributed by atoms with E-state index in [0.717, 1.165) is 24.4 Å². The number of carbonyl (C=O) groups excluding carboxylic acids is 2. The summed E-state index contributed by atoms with van der Waals surface area (Å²) in [6, 6.07) is 8.37. The van der Waals surface area contributed by atoms with Crippen molar-refractivity contribution in [1.82, 2.24) is 14.5 Å². The van der Waals surface area contributed by atoms with Crippen LogP contribution < -0.4 is 4.72 Å². The fraction of sp³-hybridized carbons (Fsp3) is 0.500. The van der Waals surface area contributed by atoms with Gasteiger partial charge >= 0.3 is 0 Å². The van der Waals surface area contributed by atoms with Crippen LogP contribution in [0.25, 0.3) is 0 Å². The summed E-state index contributed by atoms with van der Waals surface area (Å²) in [5.41, 5.74) is 2.70. The van der Waals surface area contributed by atoms with Gasteiger partial charge in [0.05, 0.1) is 18.8 Å². The van der Waals surface area contributed by atoms with Crippen molar-refractivity contribution in [3.05, 3.63) is 35.4 Å². The van der Waals surface area contributed by atoms with Crippen LogP contribution in [0.3, 0.4) is 0 Å². The molecule has 0 atom stereocenters. The van der Waals surface area contributed by atoms with Crippen LogP contribution >= 0.6 is 0 Å². The second-order valence-corrected chi connectivity index (χ2v) is 8.94. The van der Waals surface area contributed by atoms with Gasteiger partial charge in [0.1, 0.15) is 0 Å². The molecule has 0 aromatic heterocycles. The molecule has 0 spiro atoms. The molecule has 1 fully saturated rings. The molecule has 2 heterocycles. The van der Waals surface area contributed by atoms with E-state index in [9.17, 15) is 18.0 Å². The maximum absolute atomic E-state index is 12.1. The lowest BCUT2D eigenvalue weighted by molar-refractivity contribution is -0.147. The monoisotopic (exact) mass is 403 g/mol. The normalized spacial score (nSPS) is 17.8. The Balaban J connectivity index is 1.40. The highest BCUT2D eigenvalue weighted by Crippen LogP contribution is 2.17. The number of sulfonamides is 1. The topological polar surface area (TPSA) is 86.8 Å². The van der Waals surface area contributed by atoms with Crippen LogP contribution in [0.1, 0.15) is 30.4 Å². The van der Waals surface area contributed by atoms with Crippen LogP contribution in [0.4, 0.5) is 0 Å². The molecule has 3 rings (SSSR count). The van der Waals surface area contributed by atoms with Crippen molar-refractivity contribution in [2.75, 3.05) is 31.9 Å². The van der Waals surface area contributed by atoms with Gasteiger partial charge in [-0.05, 0) is 24.0 Å². The van der Waals surface area contributed by atoms with Gasteiger partial charge in [0, 0.05) is 32.5 Å². The molecule has 1 N–H and O–H groups in total. The van der Waals surface area contributed by atoms with Gasteiger partial charge in [0.25, 0.3) is 0 Å². The zero-order valence-corrected chi connectivity index (χ0v) is 16.6. The molecule has 0 unspecified atom stereocenters. The fourth-order valence-electron chi connectivity index (χ4n) is 3.40. The van der Waals surface area contributed by atoms with Crippen LogP contribution in [0, 0.1) is 11.8 Å². The van der Waals surface area contributed by atoms with Gasteiger partial charge in [-0.15, -0.1) is 0 Å². The van der Waals surface area contributed by atoms with Gasteiger partial charge in [-0.25, -0.2) is 13.1 Å². The lowest BCUT2D eigenvalue weighted by atomic mass is 10.0. The summed E-state index contributed by atoms with van der Waals surface area (Å²) in [4.78, 5) is 26.7.